The number of ether oxygens (including phenoxy) is 1. The van der Waals surface area contributed by atoms with Crippen molar-refractivity contribution in [3.63, 3.8) is 0 Å². The van der Waals surface area contributed by atoms with Crippen LogP contribution < -0.4 is 0 Å². The lowest BCUT2D eigenvalue weighted by Gasteiger charge is -2.23. The van der Waals surface area contributed by atoms with Gasteiger partial charge in [0.15, 0.2) is 0 Å². The molecule has 0 saturated carbocycles. The third kappa shape index (κ3) is 2.25. The Bertz CT molecular complexity index is 436. The van der Waals surface area contributed by atoms with E-state index >= 15 is 0 Å². The molecule has 2 N–H and O–H groups in total. The first-order valence-corrected chi connectivity index (χ1v) is 5.24. The smallest absolute Gasteiger partial charge is 0.303 e. The fourth-order valence-electron chi connectivity index (χ4n) is 2.02. The lowest BCUT2D eigenvalue weighted by Crippen LogP contribution is -2.33. The molecule has 0 bridgehead atoms. The van der Waals surface area contributed by atoms with E-state index in [9.17, 15) is 24.6 Å². The Kier molecular flexibility index (Phi) is 4.15. The molecule has 0 aliphatic heterocycles. The molecule has 0 radical (unpaired) electrons. The number of carbonyl (C=O) groups is 3. The monoisotopic (exact) mass is 254 g/mol. The highest BCUT2D eigenvalue weighted by molar-refractivity contribution is 5.88. The summed E-state index contributed by atoms with van der Waals surface area (Å²) in [4.78, 5) is 32.6. The Morgan fingerprint density at radius 1 is 1.61 bits per heavy atom. The minimum Gasteiger partial charge on any atom is -0.458 e. The van der Waals surface area contributed by atoms with Crippen molar-refractivity contribution in [1.82, 2.24) is 0 Å². The highest BCUT2D eigenvalue weighted by Crippen LogP contribution is 2.40. The van der Waals surface area contributed by atoms with E-state index in [1.807, 2.05) is 0 Å². The van der Waals surface area contributed by atoms with Gasteiger partial charge in [0.25, 0.3) is 0 Å². The van der Waals surface area contributed by atoms with Gasteiger partial charge in [0.2, 0.25) is 0 Å². The van der Waals surface area contributed by atoms with E-state index in [2.05, 4.69) is 6.58 Å². The lowest BCUT2D eigenvalue weighted by atomic mass is 9.89. The molecule has 6 heteroatoms. The fourth-order valence-corrected chi connectivity index (χ4v) is 2.02. The van der Waals surface area contributed by atoms with Gasteiger partial charge in [0, 0.05) is 30.1 Å². The highest BCUT2D eigenvalue weighted by Gasteiger charge is 2.47. The molecule has 0 saturated heterocycles. The zero-order valence-electron chi connectivity index (χ0n) is 9.88. The summed E-state index contributed by atoms with van der Waals surface area (Å²) in [5.41, 5.74) is -2.19. The summed E-state index contributed by atoms with van der Waals surface area (Å²) in [7, 11) is 0. The number of aliphatic hydroxyl groups is 2. The zero-order valence-corrected chi connectivity index (χ0v) is 9.88. The topological polar surface area (TPSA) is 101 Å². The average molecular weight is 254 g/mol. The first-order valence-electron chi connectivity index (χ1n) is 5.24. The minimum atomic E-state index is -1.89. The molecule has 0 aromatic rings. The molecule has 0 amide bonds. The molecule has 1 aliphatic carbocycles. The Morgan fingerprint density at radius 2 is 2.22 bits per heavy atom. The Morgan fingerprint density at radius 3 is 2.61 bits per heavy atom. The molecule has 2 atom stereocenters. The Hall–Kier alpha value is -1.79. The van der Waals surface area contributed by atoms with Gasteiger partial charge in [-0.05, 0) is 0 Å². The van der Waals surface area contributed by atoms with E-state index in [0.717, 1.165) is 0 Å². The molecule has 0 aromatic carbocycles. The molecule has 98 valence electrons. The van der Waals surface area contributed by atoms with Gasteiger partial charge in [-0.3, -0.25) is 14.4 Å². The van der Waals surface area contributed by atoms with Crippen molar-refractivity contribution in [2.75, 3.05) is 6.61 Å². The van der Waals surface area contributed by atoms with Crippen LogP contribution in [0.25, 0.3) is 0 Å². The Labute approximate surface area is 104 Å². The maximum absolute atomic E-state index is 11.0. The predicted octanol–water partition coefficient (Wildman–Crippen LogP) is -0.704. The van der Waals surface area contributed by atoms with Crippen molar-refractivity contribution in [3.8, 4) is 0 Å². The molecular weight excluding hydrogens is 240 g/mol. The van der Waals surface area contributed by atoms with Crippen LogP contribution in [0, 0.1) is 0 Å². The van der Waals surface area contributed by atoms with Crippen LogP contribution in [0.15, 0.2) is 23.3 Å². The van der Waals surface area contributed by atoms with Crippen LogP contribution in [0.5, 0.6) is 0 Å². The van der Waals surface area contributed by atoms with Gasteiger partial charge in [-0.15, -0.1) is 0 Å². The van der Waals surface area contributed by atoms with Crippen LogP contribution in [-0.2, 0) is 19.1 Å². The van der Waals surface area contributed by atoms with Crippen molar-refractivity contribution in [2.24, 2.45) is 0 Å². The third-order valence-corrected chi connectivity index (χ3v) is 2.93. The van der Waals surface area contributed by atoms with Gasteiger partial charge in [-0.2, -0.15) is 0 Å². The second kappa shape index (κ2) is 5.24. The summed E-state index contributed by atoms with van der Waals surface area (Å²) < 4.78 is 4.90. The van der Waals surface area contributed by atoms with Crippen LogP contribution in [0.4, 0.5) is 0 Å². The van der Waals surface area contributed by atoms with Crippen molar-refractivity contribution in [3.05, 3.63) is 23.3 Å². The van der Waals surface area contributed by atoms with Crippen molar-refractivity contribution in [2.45, 2.75) is 25.0 Å². The summed E-state index contributed by atoms with van der Waals surface area (Å²) in [6, 6.07) is 0. The lowest BCUT2D eigenvalue weighted by molar-refractivity contribution is -0.145. The average Bonchev–Trinajstić information content (AvgIpc) is 2.59. The summed E-state index contributed by atoms with van der Waals surface area (Å²) in [5.74, 6) is -0.614. The van der Waals surface area contributed by atoms with E-state index < -0.39 is 24.3 Å². The first-order chi connectivity index (χ1) is 8.40. The van der Waals surface area contributed by atoms with Crippen LogP contribution >= 0.6 is 0 Å². The van der Waals surface area contributed by atoms with Crippen LogP contribution in [-0.4, -0.2) is 47.1 Å². The van der Waals surface area contributed by atoms with Crippen LogP contribution in [0.1, 0.15) is 13.3 Å². The fraction of sp³-hybridized carbons (Fsp3) is 0.417. The molecule has 1 aliphatic rings. The molecule has 6 nitrogen and oxygen atoms in total. The number of carbonyl (C=O) groups excluding carboxylic acids is 3. The summed E-state index contributed by atoms with van der Waals surface area (Å²) in [6.07, 6.45) is -0.471. The van der Waals surface area contributed by atoms with Gasteiger partial charge in [0.1, 0.15) is 24.3 Å². The van der Waals surface area contributed by atoms with E-state index in [-0.39, 0.29) is 23.1 Å². The van der Waals surface area contributed by atoms with Crippen molar-refractivity contribution < 1.29 is 29.3 Å². The number of esters is 1. The normalized spacial score (nSPS) is 26.9. The van der Waals surface area contributed by atoms with Gasteiger partial charge >= 0.3 is 5.97 Å². The van der Waals surface area contributed by atoms with E-state index in [1.165, 1.54) is 6.92 Å². The standard InChI is InChI=1S/C12H14O6/c1-7(4-13)12(17)3-11(18-8(2)16)9(5-14)10(12)6-15/h4,6,11,14,17H,1,3,5H2,2H3/t11-,12-/m0/s1. The SMILES string of the molecule is C=C(C=O)[C@@]1(O)C[C@H](OC(C)=O)C(CO)=C1C=O. The molecule has 0 fully saturated rings. The van der Waals surface area contributed by atoms with Crippen LogP contribution in [0.2, 0.25) is 0 Å². The zero-order chi connectivity index (χ0) is 13.9. The number of aliphatic hydroxyl groups excluding tert-OH is 1. The van der Waals surface area contributed by atoms with E-state index in [0.29, 0.717) is 12.6 Å². The third-order valence-electron chi connectivity index (χ3n) is 2.93. The number of aldehydes is 2. The maximum atomic E-state index is 11.0. The molecule has 0 spiro atoms. The molecule has 0 aromatic heterocycles. The van der Waals surface area contributed by atoms with E-state index in [4.69, 9.17) is 4.74 Å². The van der Waals surface area contributed by atoms with Gasteiger partial charge in [-0.1, -0.05) is 6.58 Å². The molecule has 0 heterocycles. The Balaban J connectivity index is 3.24. The van der Waals surface area contributed by atoms with Gasteiger partial charge in [-0.25, -0.2) is 0 Å². The second-order valence-electron chi connectivity index (χ2n) is 4.02. The summed E-state index contributed by atoms with van der Waals surface area (Å²) in [5, 5.41) is 19.5. The first kappa shape index (κ1) is 14.3. The van der Waals surface area contributed by atoms with Crippen molar-refractivity contribution >= 4 is 18.5 Å². The molecular formula is C12H14O6. The molecule has 18 heavy (non-hydrogen) atoms. The van der Waals surface area contributed by atoms with Crippen molar-refractivity contribution in [1.29, 1.82) is 0 Å². The number of hydrogen-bond acceptors (Lipinski definition) is 6. The largest absolute Gasteiger partial charge is 0.458 e. The summed E-state index contributed by atoms with van der Waals surface area (Å²) >= 11 is 0. The van der Waals surface area contributed by atoms with Crippen LogP contribution in [0.3, 0.4) is 0 Å². The minimum absolute atomic E-state index is 0.0886. The number of rotatable bonds is 5. The second-order valence-corrected chi connectivity index (χ2v) is 4.02. The number of hydrogen-bond donors (Lipinski definition) is 2. The predicted molar refractivity (Wildman–Crippen MR) is 60.5 cm³/mol. The molecule has 1 rings (SSSR count). The molecule has 0 unspecified atom stereocenters. The summed E-state index contributed by atoms with van der Waals surface area (Å²) in [6.45, 7) is 3.99. The maximum Gasteiger partial charge on any atom is 0.303 e. The van der Waals surface area contributed by atoms with E-state index in [1.54, 1.807) is 0 Å². The highest BCUT2D eigenvalue weighted by atomic mass is 16.5. The van der Waals surface area contributed by atoms with Gasteiger partial charge < -0.3 is 14.9 Å². The van der Waals surface area contributed by atoms with Gasteiger partial charge in [0.05, 0.1) is 6.61 Å². The quantitative estimate of drug-likeness (QED) is 0.382.